The Balaban J connectivity index is 2.37. The zero-order valence-corrected chi connectivity index (χ0v) is 7.52. The highest BCUT2D eigenvalue weighted by Crippen LogP contribution is 2.04. The Morgan fingerprint density at radius 3 is 2.38 bits per heavy atom. The second-order valence-electron chi connectivity index (χ2n) is 2.80. The molecule has 0 saturated carbocycles. The van der Waals surface area contributed by atoms with Crippen LogP contribution in [0.25, 0.3) is 0 Å². The molecule has 0 atom stereocenters. The molecule has 13 heavy (non-hydrogen) atoms. The zero-order chi connectivity index (χ0) is 9.52. The first-order chi connectivity index (χ1) is 6.36. The van der Waals surface area contributed by atoms with E-state index >= 15 is 0 Å². The van der Waals surface area contributed by atoms with Gasteiger partial charge in [0.2, 0.25) is 0 Å². The summed E-state index contributed by atoms with van der Waals surface area (Å²) in [5.41, 5.74) is 0. The number of aliphatic hydroxyl groups excluding tert-OH is 2. The van der Waals surface area contributed by atoms with Crippen molar-refractivity contribution in [3.63, 3.8) is 0 Å². The molecule has 1 aromatic rings. The van der Waals surface area contributed by atoms with Gasteiger partial charge in [-0.25, -0.2) is 0 Å². The lowest BCUT2D eigenvalue weighted by Gasteiger charge is -2.18. The molecule has 4 nitrogen and oxygen atoms in total. The fourth-order valence-corrected chi connectivity index (χ4v) is 1.18. The molecule has 0 aliphatic heterocycles. The average Bonchev–Trinajstić information content (AvgIpc) is 2.58. The molecule has 0 bridgehead atoms. The van der Waals surface area contributed by atoms with Crippen molar-refractivity contribution in [2.24, 2.45) is 0 Å². The molecule has 0 unspecified atom stereocenters. The molecule has 0 radical (unpaired) electrons. The molecule has 0 fully saturated rings. The zero-order valence-electron chi connectivity index (χ0n) is 7.52. The molecule has 2 N–H and O–H groups in total. The molecule has 0 spiro atoms. The van der Waals surface area contributed by atoms with Crippen LogP contribution in [0.5, 0.6) is 0 Å². The maximum atomic E-state index is 8.74. The molecule has 0 saturated heterocycles. The van der Waals surface area contributed by atoms with E-state index in [0.717, 1.165) is 5.76 Å². The molecule has 4 heteroatoms. The summed E-state index contributed by atoms with van der Waals surface area (Å²) in [6.07, 6.45) is 1.62. The number of hydrogen-bond acceptors (Lipinski definition) is 4. The van der Waals surface area contributed by atoms with E-state index in [9.17, 15) is 0 Å². The summed E-state index contributed by atoms with van der Waals surface area (Å²) in [6, 6.07) is 3.70. The maximum absolute atomic E-state index is 8.74. The highest BCUT2D eigenvalue weighted by Gasteiger charge is 2.05. The van der Waals surface area contributed by atoms with Gasteiger partial charge in [-0.2, -0.15) is 0 Å². The van der Waals surface area contributed by atoms with Crippen LogP contribution in [0.3, 0.4) is 0 Å². The summed E-state index contributed by atoms with van der Waals surface area (Å²) >= 11 is 0. The summed E-state index contributed by atoms with van der Waals surface area (Å²) in [6.45, 7) is 1.94. The van der Waals surface area contributed by atoms with Crippen LogP contribution in [0.4, 0.5) is 0 Å². The fraction of sp³-hybridized carbons (Fsp3) is 0.556. The van der Waals surface area contributed by atoms with E-state index in [1.54, 1.807) is 6.26 Å². The largest absolute Gasteiger partial charge is 0.468 e. The third-order valence-electron chi connectivity index (χ3n) is 1.79. The molecular weight excluding hydrogens is 170 g/mol. The van der Waals surface area contributed by atoms with E-state index in [0.29, 0.717) is 19.6 Å². The van der Waals surface area contributed by atoms with Crippen LogP contribution in [0, 0.1) is 0 Å². The number of hydrogen-bond donors (Lipinski definition) is 2. The molecule has 0 aliphatic carbocycles. The van der Waals surface area contributed by atoms with E-state index in [1.165, 1.54) is 0 Å². The Kier molecular flexibility index (Phi) is 4.53. The summed E-state index contributed by atoms with van der Waals surface area (Å²) in [4.78, 5) is 1.93. The Hall–Kier alpha value is -0.840. The Bertz CT molecular complexity index is 205. The van der Waals surface area contributed by atoms with Crippen LogP contribution in [0.15, 0.2) is 22.8 Å². The van der Waals surface area contributed by atoms with Crippen LogP contribution in [-0.2, 0) is 6.54 Å². The minimum Gasteiger partial charge on any atom is -0.468 e. The molecular formula is C9H15NO3. The predicted molar refractivity (Wildman–Crippen MR) is 48.2 cm³/mol. The summed E-state index contributed by atoms with van der Waals surface area (Å²) < 4.78 is 5.15. The van der Waals surface area contributed by atoms with Gasteiger partial charge in [0.1, 0.15) is 5.76 Å². The first-order valence-corrected chi connectivity index (χ1v) is 4.33. The van der Waals surface area contributed by atoms with Crippen LogP contribution in [0.1, 0.15) is 5.76 Å². The van der Waals surface area contributed by atoms with E-state index < -0.39 is 0 Å². The lowest BCUT2D eigenvalue weighted by Crippen LogP contribution is -2.29. The second kappa shape index (κ2) is 5.75. The molecule has 74 valence electrons. The van der Waals surface area contributed by atoms with Gasteiger partial charge in [-0.1, -0.05) is 0 Å². The van der Waals surface area contributed by atoms with Gasteiger partial charge in [0, 0.05) is 13.1 Å². The first-order valence-electron chi connectivity index (χ1n) is 4.33. The Morgan fingerprint density at radius 2 is 1.92 bits per heavy atom. The maximum Gasteiger partial charge on any atom is 0.117 e. The molecule has 1 rings (SSSR count). The van der Waals surface area contributed by atoms with Gasteiger partial charge >= 0.3 is 0 Å². The topological polar surface area (TPSA) is 56.8 Å². The van der Waals surface area contributed by atoms with Gasteiger partial charge in [-0.05, 0) is 12.1 Å². The lowest BCUT2D eigenvalue weighted by molar-refractivity contribution is 0.148. The molecule has 1 heterocycles. The highest BCUT2D eigenvalue weighted by molar-refractivity contribution is 4.97. The second-order valence-corrected chi connectivity index (χ2v) is 2.80. The van der Waals surface area contributed by atoms with E-state index in [-0.39, 0.29) is 13.2 Å². The quantitative estimate of drug-likeness (QED) is 0.658. The highest BCUT2D eigenvalue weighted by atomic mass is 16.3. The van der Waals surface area contributed by atoms with Crippen molar-refractivity contribution in [1.82, 2.24) is 4.90 Å². The Morgan fingerprint density at radius 1 is 1.23 bits per heavy atom. The van der Waals surface area contributed by atoms with Gasteiger partial charge in [0.25, 0.3) is 0 Å². The summed E-state index contributed by atoms with van der Waals surface area (Å²) in [5, 5.41) is 17.5. The van der Waals surface area contributed by atoms with Crippen molar-refractivity contribution in [2.45, 2.75) is 6.54 Å². The van der Waals surface area contributed by atoms with Gasteiger partial charge in [0.15, 0.2) is 0 Å². The Labute approximate surface area is 77.4 Å². The van der Waals surface area contributed by atoms with Gasteiger partial charge < -0.3 is 14.6 Å². The van der Waals surface area contributed by atoms with Crippen LogP contribution < -0.4 is 0 Å². The third kappa shape index (κ3) is 3.59. The van der Waals surface area contributed by atoms with Gasteiger partial charge in [-0.15, -0.1) is 0 Å². The fourth-order valence-electron chi connectivity index (χ4n) is 1.18. The standard InChI is InChI=1S/C9H15NO3/c11-5-3-10(4-6-12)8-9-2-1-7-13-9/h1-2,7,11-12H,3-6,8H2. The summed E-state index contributed by atoms with van der Waals surface area (Å²) in [7, 11) is 0. The van der Waals surface area contributed by atoms with Crippen LogP contribution in [0.2, 0.25) is 0 Å². The van der Waals surface area contributed by atoms with E-state index in [2.05, 4.69) is 0 Å². The first kappa shape index (κ1) is 10.2. The number of aliphatic hydroxyl groups is 2. The summed E-state index contributed by atoms with van der Waals surface area (Å²) in [5.74, 6) is 0.849. The molecule has 1 aromatic heterocycles. The molecule has 0 aromatic carbocycles. The smallest absolute Gasteiger partial charge is 0.117 e. The monoisotopic (exact) mass is 185 g/mol. The van der Waals surface area contributed by atoms with Crippen molar-refractivity contribution in [1.29, 1.82) is 0 Å². The molecule has 0 amide bonds. The SMILES string of the molecule is OCCN(CCO)Cc1ccco1. The van der Waals surface area contributed by atoms with E-state index in [1.807, 2.05) is 17.0 Å². The number of nitrogens with zero attached hydrogens (tertiary/aromatic N) is 1. The van der Waals surface area contributed by atoms with Crippen molar-refractivity contribution in [2.75, 3.05) is 26.3 Å². The van der Waals surface area contributed by atoms with Gasteiger partial charge in [-0.3, -0.25) is 4.90 Å². The van der Waals surface area contributed by atoms with Crippen molar-refractivity contribution in [3.8, 4) is 0 Å². The minimum atomic E-state index is 0.0979. The third-order valence-corrected chi connectivity index (χ3v) is 1.79. The van der Waals surface area contributed by atoms with Crippen LogP contribution in [-0.4, -0.2) is 41.4 Å². The van der Waals surface area contributed by atoms with Crippen LogP contribution >= 0.6 is 0 Å². The van der Waals surface area contributed by atoms with Crippen molar-refractivity contribution in [3.05, 3.63) is 24.2 Å². The lowest BCUT2D eigenvalue weighted by atomic mass is 10.4. The number of rotatable bonds is 6. The average molecular weight is 185 g/mol. The van der Waals surface area contributed by atoms with E-state index in [4.69, 9.17) is 14.6 Å². The minimum absolute atomic E-state index is 0.0979. The van der Waals surface area contributed by atoms with Gasteiger partial charge in [0.05, 0.1) is 26.0 Å². The van der Waals surface area contributed by atoms with Crippen molar-refractivity contribution >= 4 is 0 Å². The van der Waals surface area contributed by atoms with Crippen molar-refractivity contribution < 1.29 is 14.6 Å². The molecule has 0 aliphatic rings. The normalized spacial score (nSPS) is 11.0. The predicted octanol–water partition coefficient (Wildman–Crippen LogP) is 0.0662. The number of furan rings is 1.